The van der Waals surface area contributed by atoms with Crippen molar-refractivity contribution in [2.24, 2.45) is 0 Å². The maximum Gasteiger partial charge on any atom is 0.422 e. The van der Waals surface area contributed by atoms with Crippen molar-refractivity contribution in [2.45, 2.75) is 37.5 Å². The summed E-state index contributed by atoms with van der Waals surface area (Å²) in [5.41, 5.74) is -2.50. The van der Waals surface area contributed by atoms with Crippen LogP contribution < -0.4 is 0 Å². The molecule has 0 saturated carbocycles. The first kappa shape index (κ1) is 16.7. The smallest absolute Gasteiger partial charge is 0.365 e. The fourth-order valence-electron chi connectivity index (χ4n) is 1.75. The zero-order chi connectivity index (χ0) is 15.2. The quantitative estimate of drug-likeness (QED) is 0.599. The minimum absolute atomic E-state index is 0.0497. The van der Waals surface area contributed by atoms with Gasteiger partial charge in [-0.05, 0) is 18.4 Å². The molecule has 0 aliphatic rings. The van der Waals surface area contributed by atoms with Gasteiger partial charge in [0.25, 0.3) is 0 Å². The Balaban J connectivity index is 2.94. The summed E-state index contributed by atoms with van der Waals surface area (Å²) in [7, 11) is 0. The van der Waals surface area contributed by atoms with Crippen LogP contribution in [0.1, 0.15) is 18.4 Å². The molecule has 2 N–H and O–H groups in total. The van der Waals surface area contributed by atoms with E-state index in [9.17, 15) is 23.4 Å². The number of rotatable bonds is 7. The van der Waals surface area contributed by atoms with Crippen LogP contribution in [-0.2, 0) is 11.3 Å². The molecular formula is C14H17F3O3. The molecule has 3 nitrogen and oxygen atoms in total. The van der Waals surface area contributed by atoms with E-state index < -0.39 is 24.5 Å². The Hall–Kier alpha value is -1.37. The van der Waals surface area contributed by atoms with E-state index in [4.69, 9.17) is 4.74 Å². The van der Waals surface area contributed by atoms with E-state index in [0.29, 0.717) is 5.56 Å². The van der Waals surface area contributed by atoms with Gasteiger partial charge in [0.2, 0.25) is 5.60 Å². The Bertz CT molecular complexity index is 417. The molecule has 0 aromatic heterocycles. The lowest BCUT2D eigenvalue weighted by Gasteiger charge is -2.36. The average molecular weight is 290 g/mol. The van der Waals surface area contributed by atoms with E-state index in [2.05, 4.69) is 6.58 Å². The first-order valence-corrected chi connectivity index (χ1v) is 6.05. The first-order valence-electron chi connectivity index (χ1n) is 6.05. The van der Waals surface area contributed by atoms with Crippen LogP contribution in [0.25, 0.3) is 0 Å². The van der Waals surface area contributed by atoms with Crippen molar-refractivity contribution in [2.75, 3.05) is 0 Å². The van der Waals surface area contributed by atoms with Gasteiger partial charge >= 0.3 is 6.18 Å². The second-order valence-corrected chi connectivity index (χ2v) is 4.36. The lowest BCUT2D eigenvalue weighted by atomic mass is 9.95. The molecule has 1 rings (SSSR count). The molecule has 0 aliphatic carbocycles. The zero-order valence-corrected chi connectivity index (χ0v) is 10.8. The third-order valence-electron chi connectivity index (χ3n) is 2.96. The Morgan fingerprint density at radius 3 is 2.25 bits per heavy atom. The van der Waals surface area contributed by atoms with Crippen LogP contribution in [0.3, 0.4) is 0 Å². The normalized spacial score (nSPS) is 15.1. The number of hydrogen-bond acceptors (Lipinski definition) is 3. The SMILES string of the molecule is C=CCCC(OCc1ccccc1)(C(O)O)C(F)(F)F. The van der Waals surface area contributed by atoms with Crippen LogP contribution in [0.4, 0.5) is 13.2 Å². The van der Waals surface area contributed by atoms with Crippen molar-refractivity contribution in [1.29, 1.82) is 0 Å². The minimum Gasteiger partial charge on any atom is -0.365 e. The topological polar surface area (TPSA) is 49.7 Å². The monoisotopic (exact) mass is 290 g/mol. The average Bonchev–Trinajstić information content (AvgIpc) is 2.38. The Morgan fingerprint density at radius 2 is 1.80 bits per heavy atom. The molecule has 20 heavy (non-hydrogen) atoms. The van der Waals surface area contributed by atoms with Gasteiger partial charge < -0.3 is 14.9 Å². The molecule has 0 heterocycles. The Kier molecular flexibility index (Phi) is 5.74. The van der Waals surface area contributed by atoms with Gasteiger partial charge in [-0.25, -0.2) is 0 Å². The number of halogens is 3. The van der Waals surface area contributed by atoms with E-state index in [1.54, 1.807) is 30.3 Å². The number of ether oxygens (including phenoxy) is 1. The minimum atomic E-state index is -4.90. The van der Waals surface area contributed by atoms with Crippen molar-refractivity contribution in [1.82, 2.24) is 0 Å². The zero-order valence-electron chi connectivity index (χ0n) is 10.8. The van der Waals surface area contributed by atoms with Gasteiger partial charge in [-0.15, -0.1) is 6.58 Å². The molecule has 1 aromatic rings. The second kappa shape index (κ2) is 6.88. The lowest BCUT2D eigenvalue weighted by Crippen LogP contribution is -2.56. The lowest BCUT2D eigenvalue weighted by molar-refractivity contribution is -0.346. The Labute approximate surface area is 115 Å². The number of hydrogen-bond donors (Lipinski definition) is 2. The fourth-order valence-corrected chi connectivity index (χ4v) is 1.75. The largest absolute Gasteiger partial charge is 0.422 e. The van der Waals surface area contributed by atoms with Gasteiger partial charge in [-0.3, -0.25) is 0 Å². The van der Waals surface area contributed by atoms with Crippen LogP contribution in [0.5, 0.6) is 0 Å². The maximum atomic E-state index is 13.2. The molecular weight excluding hydrogens is 273 g/mol. The highest BCUT2D eigenvalue weighted by molar-refractivity contribution is 5.13. The van der Waals surface area contributed by atoms with Crippen molar-refractivity contribution in [3.63, 3.8) is 0 Å². The van der Waals surface area contributed by atoms with Crippen LogP contribution in [0.2, 0.25) is 0 Å². The molecule has 6 heteroatoms. The van der Waals surface area contributed by atoms with E-state index in [1.165, 1.54) is 6.08 Å². The van der Waals surface area contributed by atoms with E-state index in [-0.39, 0.29) is 13.0 Å². The van der Waals surface area contributed by atoms with Gasteiger partial charge in [0.1, 0.15) is 0 Å². The highest BCUT2D eigenvalue weighted by Gasteiger charge is 2.60. The highest BCUT2D eigenvalue weighted by atomic mass is 19.4. The molecule has 0 fully saturated rings. The van der Waals surface area contributed by atoms with Gasteiger partial charge in [-0.1, -0.05) is 36.4 Å². The van der Waals surface area contributed by atoms with Gasteiger partial charge in [0.05, 0.1) is 6.61 Å². The third-order valence-corrected chi connectivity index (χ3v) is 2.96. The number of benzene rings is 1. The van der Waals surface area contributed by atoms with Crippen LogP contribution in [0.15, 0.2) is 43.0 Å². The van der Waals surface area contributed by atoms with Gasteiger partial charge in [-0.2, -0.15) is 13.2 Å². The van der Waals surface area contributed by atoms with Crippen LogP contribution in [0, 0.1) is 0 Å². The van der Waals surface area contributed by atoms with Crippen molar-refractivity contribution < 1.29 is 28.1 Å². The molecule has 0 saturated heterocycles. The molecule has 0 spiro atoms. The molecule has 0 amide bonds. The van der Waals surface area contributed by atoms with Crippen molar-refractivity contribution in [3.05, 3.63) is 48.6 Å². The van der Waals surface area contributed by atoms with Gasteiger partial charge in [0, 0.05) is 0 Å². The standard InChI is InChI=1S/C14H17F3O3/c1-2-3-9-13(12(18)19,14(15,16)17)20-10-11-7-5-4-6-8-11/h2,4-8,12,18-19H,1,3,9-10H2. The molecule has 1 atom stereocenters. The summed E-state index contributed by atoms with van der Waals surface area (Å²) in [4.78, 5) is 0. The number of aliphatic hydroxyl groups excluding tert-OH is 1. The summed E-state index contributed by atoms with van der Waals surface area (Å²) in [5, 5.41) is 18.4. The van der Waals surface area contributed by atoms with Crippen LogP contribution in [-0.4, -0.2) is 28.3 Å². The number of allylic oxidation sites excluding steroid dienone is 1. The molecule has 0 aliphatic heterocycles. The summed E-state index contributed by atoms with van der Waals surface area (Å²) >= 11 is 0. The molecule has 0 bridgehead atoms. The summed E-state index contributed by atoms with van der Waals surface area (Å²) < 4.78 is 44.4. The Morgan fingerprint density at radius 1 is 1.20 bits per heavy atom. The summed E-state index contributed by atoms with van der Waals surface area (Å²) in [6.07, 6.45) is -6.95. The molecule has 1 aromatic carbocycles. The fraction of sp³-hybridized carbons (Fsp3) is 0.429. The van der Waals surface area contributed by atoms with Crippen molar-refractivity contribution in [3.8, 4) is 0 Å². The summed E-state index contributed by atoms with van der Waals surface area (Å²) in [6, 6.07) is 8.23. The maximum absolute atomic E-state index is 13.2. The molecule has 0 radical (unpaired) electrons. The third kappa shape index (κ3) is 3.82. The summed E-state index contributed by atoms with van der Waals surface area (Å²) in [6.45, 7) is 2.97. The van der Waals surface area contributed by atoms with E-state index >= 15 is 0 Å². The molecule has 112 valence electrons. The number of alkyl halides is 3. The predicted molar refractivity (Wildman–Crippen MR) is 67.7 cm³/mol. The number of aliphatic hydroxyl groups is 2. The van der Waals surface area contributed by atoms with Crippen molar-refractivity contribution >= 4 is 0 Å². The first-order chi connectivity index (χ1) is 9.33. The van der Waals surface area contributed by atoms with E-state index in [1.807, 2.05) is 0 Å². The van der Waals surface area contributed by atoms with E-state index in [0.717, 1.165) is 0 Å². The summed E-state index contributed by atoms with van der Waals surface area (Å²) in [5.74, 6) is 0. The molecule has 1 unspecified atom stereocenters. The van der Waals surface area contributed by atoms with Gasteiger partial charge in [0.15, 0.2) is 6.29 Å². The predicted octanol–water partition coefficient (Wildman–Crippen LogP) is 2.78. The second-order valence-electron chi connectivity index (χ2n) is 4.36. The highest BCUT2D eigenvalue weighted by Crippen LogP contribution is 2.40. The van der Waals surface area contributed by atoms with Crippen LogP contribution >= 0.6 is 0 Å².